The first-order chi connectivity index (χ1) is 9.63. The maximum Gasteiger partial charge on any atom is 0.119 e. The van der Waals surface area contributed by atoms with E-state index in [-0.39, 0.29) is 12.1 Å². The highest BCUT2D eigenvalue weighted by molar-refractivity contribution is 5.31. The maximum absolute atomic E-state index is 9.40. The molecule has 0 heterocycles. The zero-order valence-corrected chi connectivity index (χ0v) is 12.8. The predicted octanol–water partition coefficient (Wildman–Crippen LogP) is 2.60. The SMILES string of the molecule is CCCOc1ccc(OCCC(C)(CO)NCC)cc1. The average Bonchev–Trinajstić information content (AvgIpc) is 2.47. The van der Waals surface area contributed by atoms with Crippen molar-refractivity contribution in [2.75, 3.05) is 26.4 Å². The van der Waals surface area contributed by atoms with Crippen LogP contribution in [0.1, 0.15) is 33.6 Å². The van der Waals surface area contributed by atoms with Crippen molar-refractivity contribution in [3.8, 4) is 11.5 Å². The van der Waals surface area contributed by atoms with E-state index in [0.29, 0.717) is 6.61 Å². The lowest BCUT2D eigenvalue weighted by Crippen LogP contribution is -2.46. The second-order valence-electron chi connectivity index (χ2n) is 5.17. The van der Waals surface area contributed by atoms with Gasteiger partial charge < -0.3 is 19.9 Å². The van der Waals surface area contributed by atoms with Crippen molar-refractivity contribution >= 4 is 0 Å². The Kier molecular flexibility index (Phi) is 7.41. The van der Waals surface area contributed by atoms with Crippen LogP contribution in [0, 0.1) is 0 Å². The summed E-state index contributed by atoms with van der Waals surface area (Å²) in [7, 11) is 0. The van der Waals surface area contributed by atoms with Crippen LogP contribution < -0.4 is 14.8 Å². The summed E-state index contributed by atoms with van der Waals surface area (Å²) in [4.78, 5) is 0. The van der Waals surface area contributed by atoms with Crippen molar-refractivity contribution in [2.45, 2.75) is 39.2 Å². The molecule has 0 saturated carbocycles. The van der Waals surface area contributed by atoms with Crippen LogP contribution in [0.4, 0.5) is 0 Å². The van der Waals surface area contributed by atoms with Crippen LogP contribution in [0.15, 0.2) is 24.3 Å². The summed E-state index contributed by atoms with van der Waals surface area (Å²) in [6, 6.07) is 7.66. The Morgan fingerprint density at radius 1 is 1.05 bits per heavy atom. The van der Waals surface area contributed by atoms with Gasteiger partial charge in [0.2, 0.25) is 0 Å². The highest BCUT2D eigenvalue weighted by Gasteiger charge is 2.21. The minimum atomic E-state index is -0.279. The number of aliphatic hydroxyl groups is 1. The molecule has 0 bridgehead atoms. The Bertz CT molecular complexity index is 366. The molecule has 1 rings (SSSR count). The molecule has 1 aromatic rings. The number of aliphatic hydroxyl groups excluding tert-OH is 1. The molecular formula is C16H27NO3. The highest BCUT2D eigenvalue weighted by atomic mass is 16.5. The Morgan fingerprint density at radius 3 is 2.05 bits per heavy atom. The standard InChI is InChI=1S/C16H27NO3/c1-4-11-19-14-6-8-15(9-7-14)20-12-10-16(3,13-18)17-5-2/h6-9,17-18H,4-5,10-13H2,1-3H3. The molecule has 0 aliphatic carbocycles. The normalized spacial score (nSPS) is 13.8. The second-order valence-corrected chi connectivity index (χ2v) is 5.17. The molecule has 2 N–H and O–H groups in total. The van der Waals surface area contributed by atoms with E-state index in [1.54, 1.807) is 0 Å². The molecule has 0 aliphatic heterocycles. The zero-order chi connectivity index (χ0) is 14.8. The van der Waals surface area contributed by atoms with Crippen molar-refractivity contribution in [1.29, 1.82) is 0 Å². The third-order valence-corrected chi connectivity index (χ3v) is 3.17. The highest BCUT2D eigenvalue weighted by Crippen LogP contribution is 2.18. The number of hydrogen-bond acceptors (Lipinski definition) is 4. The van der Waals surface area contributed by atoms with E-state index in [1.807, 2.05) is 38.1 Å². The van der Waals surface area contributed by atoms with Gasteiger partial charge in [-0.2, -0.15) is 0 Å². The fourth-order valence-electron chi connectivity index (χ4n) is 1.90. The summed E-state index contributed by atoms with van der Waals surface area (Å²) in [5, 5.41) is 12.7. The van der Waals surface area contributed by atoms with Crippen LogP contribution in [0.25, 0.3) is 0 Å². The number of benzene rings is 1. The molecule has 1 atom stereocenters. The fourth-order valence-corrected chi connectivity index (χ4v) is 1.90. The number of hydrogen-bond donors (Lipinski definition) is 2. The van der Waals surface area contributed by atoms with Crippen molar-refractivity contribution < 1.29 is 14.6 Å². The minimum absolute atomic E-state index is 0.105. The molecule has 1 unspecified atom stereocenters. The van der Waals surface area contributed by atoms with Gasteiger partial charge in [0.1, 0.15) is 11.5 Å². The molecule has 20 heavy (non-hydrogen) atoms. The Labute approximate surface area is 122 Å². The van der Waals surface area contributed by atoms with Crippen molar-refractivity contribution in [3.63, 3.8) is 0 Å². The summed E-state index contributed by atoms with van der Waals surface area (Å²) < 4.78 is 11.2. The molecule has 0 aromatic heterocycles. The van der Waals surface area contributed by atoms with Crippen LogP contribution in [-0.2, 0) is 0 Å². The van der Waals surface area contributed by atoms with Crippen LogP contribution in [-0.4, -0.2) is 37.0 Å². The molecule has 0 aliphatic rings. The summed E-state index contributed by atoms with van der Waals surface area (Å²) in [6.07, 6.45) is 1.76. The molecule has 114 valence electrons. The van der Waals surface area contributed by atoms with E-state index in [2.05, 4.69) is 12.2 Å². The molecular weight excluding hydrogens is 254 g/mol. The van der Waals surface area contributed by atoms with Gasteiger partial charge in [-0.05, 0) is 44.2 Å². The van der Waals surface area contributed by atoms with E-state index in [4.69, 9.17) is 9.47 Å². The van der Waals surface area contributed by atoms with E-state index < -0.39 is 0 Å². The van der Waals surface area contributed by atoms with Gasteiger partial charge in [-0.15, -0.1) is 0 Å². The van der Waals surface area contributed by atoms with Gasteiger partial charge in [0.25, 0.3) is 0 Å². The topological polar surface area (TPSA) is 50.7 Å². The van der Waals surface area contributed by atoms with Crippen LogP contribution in [0.5, 0.6) is 11.5 Å². The monoisotopic (exact) mass is 281 g/mol. The average molecular weight is 281 g/mol. The molecule has 1 aromatic carbocycles. The molecule has 0 saturated heterocycles. The maximum atomic E-state index is 9.40. The Balaban J connectivity index is 2.38. The number of likely N-dealkylation sites (N-methyl/N-ethyl adjacent to an activating group) is 1. The van der Waals surface area contributed by atoms with E-state index in [9.17, 15) is 5.11 Å². The molecule has 4 nitrogen and oxygen atoms in total. The smallest absolute Gasteiger partial charge is 0.119 e. The van der Waals surface area contributed by atoms with Gasteiger partial charge in [-0.25, -0.2) is 0 Å². The summed E-state index contributed by atoms with van der Waals surface area (Å²) in [6.45, 7) is 8.36. The molecule has 0 amide bonds. The van der Waals surface area contributed by atoms with E-state index >= 15 is 0 Å². The van der Waals surface area contributed by atoms with Gasteiger partial charge in [0, 0.05) is 12.0 Å². The lowest BCUT2D eigenvalue weighted by atomic mass is 10.00. The van der Waals surface area contributed by atoms with Gasteiger partial charge in [-0.1, -0.05) is 13.8 Å². The first-order valence-corrected chi connectivity index (χ1v) is 7.35. The van der Waals surface area contributed by atoms with Gasteiger partial charge in [0.05, 0.1) is 19.8 Å². The van der Waals surface area contributed by atoms with Crippen LogP contribution >= 0.6 is 0 Å². The lowest BCUT2D eigenvalue weighted by molar-refractivity contribution is 0.146. The van der Waals surface area contributed by atoms with Gasteiger partial charge >= 0.3 is 0 Å². The van der Waals surface area contributed by atoms with E-state index in [0.717, 1.165) is 37.5 Å². The first kappa shape index (κ1) is 16.8. The molecule has 0 spiro atoms. The zero-order valence-electron chi connectivity index (χ0n) is 12.8. The summed E-state index contributed by atoms with van der Waals surface area (Å²) >= 11 is 0. The number of ether oxygens (including phenoxy) is 2. The van der Waals surface area contributed by atoms with Crippen molar-refractivity contribution in [1.82, 2.24) is 5.32 Å². The van der Waals surface area contributed by atoms with Crippen molar-refractivity contribution in [2.24, 2.45) is 0 Å². The summed E-state index contributed by atoms with van der Waals surface area (Å²) in [5.41, 5.74) is -0.279. The van der Waals surface area contributed by atoms with Crippen molar-refractivity contribution in [3.05, 3.63) is 24.3 Å². The fraction of sp³-hybridized carbons (Fsp3) is 0.625. The third-order valence-electron chi connectivity index (χ3n) is 3.17. The Hall–Kier alpha value is -1.26. The first-order valence-electron chi connectivity index (χ1n) is 7.35. The molecule has 0 fully saturated rings. The lowest BCUT2D eigenvalue weighted by Gasteiger charge is -2.28. The second kappa shape index (κ2) is 8.82. The van der Waals surface area contributed by atoms with Crippen LogP contribution in [0.2, 0.25) is 0 Å². The molecule has 4 heteroatoms. The number of rotatable bonds is 10. The predicted molar refractivity (Wildman–Crippen MR) is 81.5 cm³/mol. The van der Waals surface area contributed by atoms with Gasteiger partial charge in [0.15, 0.2) is 0 Å². The quantitative estimate of drug-likeness (QED) is 0.692. The largest absolute Gasteiger partial charge is 0.494 e. The Morgan fingerprint density at radius 2 is 1.60 bits per heavy atom. The van der Waals surface area contributed by atoms with E-state index in [1.165, 1.54) is 0 Å². The number of nitrogens with one attached hydrogen (secondary N) is 1. The summed E-state index contributed by atoms with van der Waals surface area (Å²) in [5.74, 6) is 1.69. The van der Waals surface area contributed by atoms with Crippen LogP contribution in [0.3, 0.4) is 0 Å². The third kappa shape index (κ3) is 5.80. The minimum Gasteiger partial charge on any atom is -0.494 e. The van der Waals surface area contributed by atoms with Gasteiger partial charge in [-0.3, -0.25) is 0 Å². The molecule has 0 radical (unpaired) electrons.